The maximum Gasteiger partial charge on any atom is 0.491 e. The van der Waals surface area contributed by atoms with Gasteiger partial charge in [0.2, 0.25) is 0 Å². The fourth-order valence-electron chi connectivity index (χ4n) is 3.83. The molecule has 21 heavy (non-hydrogen) atoms. The number of rotatable bonds is 1. The van der Waals surface area contributed by atoms with E-state index in [9.17, 15) is 18.0 Å². The Morgan fingerprint density at radius 2 is 1.90 bits per heavy atom. The van der Waals surface area contributed by atoms with Crippen molar-refractivity contribution < 1.29 is 22.7 Å². The van der Waals surface area contributed by atoms with E-state index in [1.807, 2.05) is 13.0 Å². The predicted molar refractivity (Wildman–Crippen MR) is 70.9 cm³/mol. The monoisotopic (exact) mass is 298 g/mol. The molecule has 0 amide bonds. The lowest BCUT2D eigenvalue weighted by atomic mass is 9.73. The topological polar surface area (TPSA) is 26.3 Å². The van der Waals surface area contributed by atoms with E-state index in [0.29, 0.717) is 11.8 Å². The summed E-state index contributed by atoms with van der Waals surface area (Å²) in [7, 11) is 0. The summed E-state index contributed by atoms with van der Waals surface area (Å²) in [5.41, 5.74) is 2.27. The Kier molecular flexibility index (Phi) is 3.26. The number of halogens is 3. The quantitative estimate of drug-likeness (QED) is 0.680. The van der Waals surface area contributed by atoms with Crippen LogP contribution >= 0.6 is 0 Å². The maximum absolute atomic E-state index is 12.4. The van der Waals surface area contributed by atoms with Gasteiger partial charge in [0.1, 0.15) is 5.76 Å². The predicted octanol–water partition coefficient (Wildman–Crippen LogP) is 4.15. The minimum atomic E-state index is -4.95. The molecule has 5 heteroatoms. The molecule has 0 aliphatic heterocycles. The summed E-state index contributed by atoms with van der Waals surface area (Å²) in [5.74, 6) is -1.03. The van der Waals surface area contributed by atoms with E-state index in [0.717, 1.165) is 18.4 Å². The van der Waals surface area contributed by atoms with Gasteiger partial charge in [-0.15, -0.1) is 0 Å². The zero-order valence-electron chi connectivity index (χ0n) is 11.9. The van der Waals surface area contributed by atoms with Crippen LogP contribution in [0.25, 0.3) is 0 Å². The summed E-state index contributed by atoms with van der Waals surface area (Å²) in [6.07, 6.45) is 2.68. The Bertz CT molecular complexity index is 569. The average molecular weight is 298 g/mol. The first-order valence-electron chi connectivity index (χ1n) is 7.22. The lowest BCUT2D eigenvalue weighted by Crippen LogP contribution is -2.30. The smallest absolute Gasteiger partial charge is 0.424 e. The second kappa shape index (κ2) is 4.75. The highest BCUT2D eigenvalue weighted by Gasteiger charge is 2.46. The Morgan fingerprint density at radius 3 is 2.57 bits per heavy atom. The second-order valence-electron chi connectivity index (χ2n) is 6.14. The molecule has 0 aromatic carbocycles. The van der Waals surface area contributed by atoms with E-state index >= 15 is 0 Å². The number of allylic oxidation sites excluding steroid dienone is 6. The number of hydrogen-bond acceptors (Lipinski definition) is 2. The van der Waals surface area contributed by atoms with E-state index < -0.39 is 12.1 Å². The molecule has 2 nitrogen and oxygen atoms in total. The lowest BCUT2D eigenvalue weighted by molar-refractivity contribution is -0.196. The van der Waals surface area contributed by atoms with Gasteiger partial charge in [0.15, 0.2) is 0 Å². The maximum atomic E-state index is 12.4. The summed E-state index contributed by atoms with van der Waals surface area (Å²) in [5, 5.41) is 0. The van der Waals surface area contributed by atoms with Crippen LogP contribution in [0.1, 0.15) is 26.7 Å². The van der Waals surface area contributed by atoms with Gasteiger partial charge in [-0.05, 0) is 42.2 Å². The Hall–Kier alpha value is -1.52. The van der Waals surface area contributed by atoms with Crippen molar-refractivity contribution in [3.8, 4) is 0 Å². The molecule has 0 aromatic rings. The molecule has 0 heterocycles. The molecule has 3 rings (SSSR count). The fraction of sp³-hybridized carbons (Fsp3) is 0.562. The molecule has 0 bridgehead atoms. The van der Waals surface area contributed by atoms with Gasteiger partial charge in [0.25, 0.3) is 0 Å². The van der Waals surface area contributed by atoms with Crippen molar-refractivity contribution >= 4 is 5.97 Å². The van der Waals surface area contributed by atoms with Crippen molar-refractivity contribution in [2.45, 2.75) is 32.9 Å². The summed E-state index contributed by atoms with van der Waals surface area (Å²) < 4.78 is 41.7. The minimum absolute atomic E-state index is 0.140. The van der Waals surface area contributed by atoms with Gasteiger partial charge in [0, 0.05) is 5.92 Å². The number of esters is 1. The van der Waals surface area contributed by atoms with E-state index in [2.05, 4.69) is 17.7 Å². The molecule has 4 unspecified atom stereocenters. The van der Waals surface area contributed by atoms with Crippen LogP contribution < -0.4 is 0 Å². The number of ether oxygens (including phenoxy) is 1. The Labute approximate surface area is 121 Å². The van der Waals surface area contributed by atoms with Gasteiger partial charge in [0.05, 0.1) is 0 Å². The molecule has 0 radical (unpaired) electrons. The van der Waals surface area contributed by atoms with Crippen molar-refractivity contribution in [2.24, 2.45) is 23.7 Å². The highest BCUT2D eigenvalue weighted by molar-refractivity contribution is 5.77. The van der Waals surface area contributed by atoms with Crippen LogP contribution in [-0.4, -0.2) is 12.1 Å². The number of alkyl halides is 3. The second-order valence-corrected chi connectivity index (χ2v) is 6.14. The number of carbonyl (C=O) groups excluding carboxylic acids is 1. The first-order chi connectivity index (χ1) is 9.79. The SMILES string of the molecule is CC1C=CC2=C3C1CCC3C(C)C(OC(=O)C(F)(F)F)=C2. The molecular formula is C16H17F3O2. The largest absolute Gasteiger partial charge is 0.491 e. The summed E-state index contributed by atoms with van der Waals surface area (Å²) in [6.45, 7) is 4.01. The van der Waals surface area contributed by atoms with Crippen molar-refractivity contribution in [1.29, 1.82) is 0 Å². The first-order valence-corrected chi connectivity index (χ1v) is 7.22. The van der Waals surface area contributed by atoms with Crippen molar-refractivity contribution in [1.82, 2.24) is 0 Å². The van der Waals surface area contributed by atoms with Crippen LogP contribution in [0.2, 0.25) is 0 Å². The zero-order valence-corrected chi connectivity index (χ0v) is 11.9. The van der Waals surface area contributed by atoms with Crippen molar-refractivity contribution in [3.63, 3.8) is 0 Å². The molecule has 3 aliphatic carbocycles. The molecule has 1 saturated carbocycles. The van der Waals surface area contributed by atoms with E-state index in [4.69, 9.17) is 0 Å². The molecule has 4 atom stereocenters. The fourth-order valence-corrected chi connectivity index (χ4v) is 3.83. The summed E-state index contributed by atoms with van der Waals surface area (Å²) in [6, 6.07) is 0. The molecule has 114 valence electrons. The van der Waals surface area contributed by atoms with Crippen LogP contribution in [0.4, 0.5) is 13.2 Å². The van der Waals surface area contributed by atoms with Gasteiger partial charge < -0.3 is 4.74 Å². The van der Waals surface area contributed by atoms with Crippen LogP contribution in [0.5, 0.6) is 0 Å². The van der Waals surface area contributed by atoms with E-state index in [1.54, 1.807) is 6.08 Å². The van der Waals surface area contributed by atoms with Gasteiger partial charge >= 0.3 is 12.1 Å². The highest BCUT2D eigenvalue weighted by Crippen LogP contribution is 2.52. The van der Waals surface area contributed by atoms with E-state index in [-0.39, 0.29) is 17.6 Å². The number of carbonyl (C=O) groups is 1. The van der Waals surface area contributed by atoms with Crippen molar-refractivity contribution in [2.75, 3.05) is 0 Å². The average Bonchev–Trinajstić information content (AvgIpc) is 2.84. The molecule has 3 aliphatic rings. The van der Waals surface area contributed by atoms with Gasteiger partial charge in [-0.2, -0.15) is 13.2 Å². The van der Waals surface area contributed by atoms with Crippen LogP contribution in [0.15, 0.2) is 35.1 Å². The molecular weight excluding hydrogens is 281 g/mol. The molecule has 1 fully saturated rings. The third-order valence-electron chi connectivity index (χ3n) is 4.93. The van der Waals surface area contributed by atoms with Gasteiger partial charge in [-0.1, -0.05) is 31.6 Å². The molecule has 0 N–H and O–H groups in total. The first kappa shape index (κ1) is 14.4. The third-order valence-corrected chi connectivity index (χ3v) is 4.93. The van der Waals surface area contributed by atoms with Gasteiger partial charge in [-0.25, -0.2) is 4.79 Å². The van der Waals surface area contributed by atoms with Crippen LogP contribution in [-0.2, 0) is 9.53 Å². The third kappa shape index (κ3) is 2.32. The molecule has 0 saturated heterocycles. The standard InChI is InChI=1S/C16H17F3O2/c1-8-3-4-10-7-13(21-15(20)16(17,18)19)9(2)12-6-5-11(8)14(10)12/h3-4,7-9,11-12H,5-6H2,1-2H3. The zero-order chi connectivity index (χ0) is 15.4. The molecule has 0 aromatic heterocycles. The van der Waals surface area contributed by atoms with Crippen molar-refractivity contribution in [3.05, 3.63) is 35.1 Å². The minimum Gasteiger partial charge on any atom is -0.424 e. The Balaban J connectivity index is 1.92. The normalized spacial score (nSPS) is 34.6. The Morgan fingerprint density at radius 1 is 1.24 bits per heavy atom. The van der Waals surface area contributed by atoms with Gasteiger partial charge in [-0.3, -0.25) is 0 Å². The van der Waals surface area contributed by atoms with E-state index in [1.165, 1.54) is 5.57 Å². The number of hydrogen-bond donors (Lipinski definition) is 0. The molecule has 0 spiro atoms. The van der Waals surface area contributed by atoms with Crippen LogP contribution in [0.3, 0.4) is 0 Å². The summed E-state index contributed by atoms with van der Waals surface area (Å²) in [4.78, 5) is 11.1. The van der Waals surface area contributed by atoms with Crippen LogP contribution in [0, 0.1) is 23.7 Å². The lowest BCUT2D eigenvalue weighted by Gasteiger charge is -2.33. The highest BCUT2D eigenvalue weighted by atomic mass is 19.4. The summed E-state index contributed by atoms with van der Waals surface area (Å²) >= 11 is 0.